The minimum atomic E-state index is 1.12. The van der Waals surface area contributed by atoms with E-state index in [0.717, 1.165) is 22.5 Å². The Kier molecular flexibility index (Phi) is 10.9. The molecule has 1 heteroatoms. The van der Waals surface area contributed by atoms with Gasteiger partial charge in [0.1, 0.15) is 0 Å². The second kappa shape index (κ2) is 16.1. The highest BCUT2D eigenvalue weighted by Crippen LogP contribution is 2.36. The molecule has 0 aliphatic carbocycles. The Labute approximate surface area is 262 Å². The third-order valence-electron chi connectivity index (χ3n) is 7.08. The van der Waals surface area contributed by atoms with Crippen LogP contribution in [0.4, 0.5) is 17.1 Å². The smallest absolute Gasteiger partial charge is 0.0490 e. The first-order valence-corrected chi connectivity index (χ1v) is 15.0. The summed E-state index contributed by atoms with van der Waals surface area (Å²) >= 11 is 0. The van der Waals surface area contributed by atoms with Crippen LogP contribution in [0.25, 0.3) is 24.3 Å². The molecule has 0 unspecified atom stereocenters. The maximum atomic E-state index is 2.32. The van der Waals surface area contributed by atoms with E-state index in [1.165, 1.54) is 22.4 Å². The number of para-hydroxylation sites is 1. The summed E-state index contributed by atoms with van der Waals surface area (Å²) in [4.78, 5) is 2.32. The molecule has 0 spiro atoms. The van der Waals surface area contributed by atoms with Gasteiger partial charge in [0.2, 0.25) is 0 Å². The number of anilines is 3. The van der Waals surface area contributed by atoms with Crippen LogP contribution >= 0.6 is 0 Å². The molecule has 0 aliphatic heterocycles. The van der Waals surface area contributed by atoms with Gasteiger partial charge >= 0.3 is 0 Å². The Morgan fingerprint density at radius 3 is 1.07 bits per heavy atom. The van der Waals surface area contributed by atoms with Gasteiger partial charge in [0.25, 0.3) is 0 Å². The molecule has 5 rings (SSSR count). The van der Waals surface area contributed by atoms with Crippen molar-refractivity contribution in [2.24, 2.45) is 0 Å². The molecule has 0 heterocycles. The Bertz CT molecular complexity index is 1650. The van der Waals surface area contributed by atoms with Crippen LogP contribution in [-0.4, -0.2) is 0 Å². The molecule has 0 aliphatic rings. The van der Waals surface area contributed by atoms with Gasteiger partial charge in [-0.25, -0.2) is 0 Å². The normalized spacial score (nSPS) is 12.1. The summed E-state index contributed by atoms with van der Waals surface area (Å²) in [5.41, 5.74) is 9.33. The number of hydrogen-bond donors (Lipinski definition) is 0. The van der Waals surface area contributed by atoms with Crippen molar-refractivity contribution in [2.45, 2.75) is 6.92 Å². The number of allylic oxidation sites excluding steroid dienone is 8. The molecule has 0 saturated carbocycles. The van der Waals surface area contributed by atoms with E-state index in [4.69, 9.17) is 0 Å². The van der Waals surface area contributed by atoms with Gasteiger partial charge in [-0.2, -0.15) is 0 Å². The fraction of sp³-hybridized carbons (Fsp3) is 0.0233. The van der Waals surface area contributed by atoms with Gasteiger partial charge in [-0.05, 0) is 65.1 Å². The molecule has 0 aromatic heterocycles. The monoisotopic (exact) mass is 567 g/mol. The fourth-order valence-electron chi connectivity index (χ4n) is 4.76. The maximum Gasteiger partial charge on any atom is 0.0490 e. The molecule has 0 radical (unpaired) electrons. The molecule has 0 saturated heterocycles. The molecule has 0 fully saturated rings. The quantitative estimate of drug-likeness (QED) is 0.143. The Hall–Kier alpha value is -5.66. The van der Waals surface area contributed by atoms with Crippen molar-refractivity contribution in [3.63, 3.8) is 0 Å². The lowest BCUT2D eigenvalue weighted by Gasteiger charge is -2.27. The number of hydrogen-bond acceptors (Lipinski definition) is 1. The highest BCUT2D eigenvalue weighted by atomic mass is 15.1. The average Bonchev–Trinajstić information content (AvgIpc) is 3.07. The SMILES string of the molecule is Cc1ccccc1N(c1ccc(C=CC=CC=Cc2ccccc2)cc1)c1ccc(C=CC=CC=Cc2ccccc2)cc1. The predicted octanol–water partition coefficient (Wildman–Crippen LogP) is 12.0. The second-order valence-corrected chi connectivity index (χ2v) is 10.3. The number of rotatable bonds is 11. The first-order valence-electron chi connectivity index (χ1n) is 15.0. The second-order valence-electron chi connectivity index (χ2n) is 10.3. The molecule has 5 aromatic carbocycles. The van der Waals surface area contributed by atoms with E-state index in [1.54, 1.807) is 0 Å². The van der Waals surface area contributed by atoms with Gasteiger partial charge in [0, 0.05) is 17.1 Å². The summed E-state index contributed by atoms with van der Waals surface area (Å²) in [5.74, 6) is 0. The van der Waals surface area contributed by atoms with E-state index in [0.29, 0.717) is 0 Å². The summed E-state index contributed by atoms with van der Waals surface area (Å²) in [6.45, 7) is 2.16. The van der Waals surface area contributed by atoms with Gasteiger partial charge in [-0.3, -0.25) is 0 Å². The highest BCUT2D eigenvalue weighted by molar-refractivity contribution is 5.79. The van der Waals surface area contributed by atoms with Gasteiger partial charge in [-0.15, -0.1) is 0 Å². The zero-order valence-electron chi connectivity index (χ0n) is 25.1. The molecule has 44 heavy (non-hydrogen) atoms. The summed E-state index contributed by atoms with van der Waals surface area (Å²) in [7, 11) is 0. The zero-order chi connectivity index (χ0) is 30.2. The summed E-state index contributed by atoms with van der Waals surface area (Å²) in [6, 6.07) is 46.6. The third-order valence-corrected chi connectivity index (χ3v) is 7.08. The van der Waals surface area contributed by atoms with Crippen LogP contribution in [0.5, 0.6) is 0 Å². The number of benzene rings is 5. The molecule has 0 bridgehead atoms. The Balaban J connectivity index is 1.27. The first-order chi connectivity index (χ1) is 21.8. The van der Waals surface area contributed by atoms with E-state index >= 15 is 0 Å². The van der Waals surface area contributed by atoms with Crippen molar-refractivity contribution in [3.8, 4) is 0 Å². The van der Waals surface area contributed by atoms with E-state index in [2.05, 4.69) is 182 Å². The first kappa shape index (κ1) is 29.8. The number of aryl methyl sites for hydroxylation is 1. The van der Waals surface area contributed by atoms with Crippen molar-refractivity contribution >= 4 is 41.4 Å². The van der Waals surface area contributed by atoms with E-state index in [9.17, 15) is 0 Å². The Morgan fingerprint density at radius 1 is 0.341 bits per heavy atom. The van der Waals surface area contributed by atoms with E-state index < -0.39 is 0 Å². The van der Waals surface area contributed by atoms with Gasteiger partial charge < -0.3 is 4.90 Å². The molecule has 1 nitrogen and oxygen atoms in total. The molecule has 5 aromatic rings. The lowest BCUT2D eigenvalue weighted by molar-refractivity contribution is 1.25. The van der Waals surface area contributed by atoms with Crippen molar-refractivity contribution in [1.29, 1.82) is 0 Å². The molecule has 214 valence electrons. The lowest BCUT2D eigenvalue weighted by Crippen LogP contribution is -2.11. The van der Waals surface area contributed by atoms with Crippen molar-refractivity contribution < 1.29 is 0 Å². The Morgan fingerprint density at radius 2 is 0.682 bits per heavy atom. The minimum Gasteiger partial charge on any atom is -0.310 e. The van der Waals surface area contributed by atoms with Crippen LogP contribution < -0.4 is 4.90 Å². The van der Waals surface area contributed by atoms with Crippen molar-refractivity contribution in [3.05, 3.63) is 210 Å². The largest absolute Gasteiger partial charge is 0.310 e. The van der Waals surface area contributed by atoms with Crippen molar-refractivity contribution in [1.82, 2.24) is 0 Å². The standard InChI is InChI=1S/C43H37N/c1-36-18-16-17-27-43(36)44(41-32-28-39(29-33-41)25-10-4-2-8-19-37-21-12-6-13-22-37)42-34-30-40(31-35-42)26-11-5-3-9-20-38-23-14-7-15-24-38/h2-35H,1H3. The maximum absolute atomic E-state index is 2.32. The van der Waals surface area contributed by atoms with Crippen molar-refractivity contribution in [2.75, 3.05) is 4.90 Å². The minimum absolute atomic E-state index is 1.12. The molecule has 0 N–H and O–H groups in total. The molecule has 0 atom stereocenters. The van der Waals surface area contributed by atoms with Crippen LogP contribution in [-0.2, 0) is 0 Å². The van der Waals surface area contributed by atoms with Gasteiger partial charge in [-0.1, -0.05) is 176 Å². The van der Waals surface area contributed by atoms with Crippen LogP contribution in [0, 0.1) is 6.92 Å². The summed E-state index contributed by atoms with van der Waals surface area (Å²) in [5, 5.41) is 0. The molecular formula is C43H37N. The van der Waals surface area contributed by atoms with Crippen LogP contribution in [0.15, 0.2) is 182 Å². The molecule has 0 amide bonds. The number of nitrogens with zero attached hydrogens (tertiary/aromatic N) is 1. The zero-order valence-corrected chi connectivity index (χ0v) is 25.1. The average molecular weight is 568 g/mol. The summed E-state index contributed by atoms with van der Waals surface area (Å²) in [6.07, 6.45) is 24.9. The molecular weight excluding hydrogens is 530 g/mol. The fourth-order valence-corrected chi connectivity index (χ4v) is 4.76. The van der Waals surface area contributed by atoms with E-state index in [-0.39, 0.29) is 0 Å². The van der Waals surface area contributed by atoms with Crippen LogP contribution in [0.2, 0.25) is 0 Å². The third kappa shape index (κ3) is 8.92. The topological polar surface area (TPSA) is 3.24 Å². The van der Waals surface area contributed by atoms with Gasteiger partial charge in [0.05, 0.1) is 0 Å². The van der Waals surface area contributed by atoms with Crippen LogP contribution in [0.3, 0.4) is 0 Å². The summed E-state index contributed by atoms with van der Waals surface area (Å²) < 4.78 is 0. The van der Waals surface area contributed by atoms with Gasteiger partial charge in [0.15, 0.2) is 0 Å². The highest BCUT2D eigenvalue weighted by Gasteiger charge is 2.14. The van der Waals surface area contributed by atoms with Crippen LogP contribution in [0.1, 0.15) is 27.8 Å². The predicted molar refractivity (Wildman–Crippen MR) is 193 cm³/mol. The lowest BCUT2D eigenvalue weighted by atomic mass is 10.1. The van der Waals surface area contributed by atoms with E-state index in [1.807, 2.05) is 36.4 Å².